The number of halogens is 1. The second kappa shape index (κ2) is 4.85. The molecule has 5 heteroatoms. The molecule has 2 N–H and O–H groups in total. The van der Waals surface area contributed by atoms with E-state index in [1.54, 1.807) is 18.2 Å². The van der Waals surface area contributed by atoms with Gasteiger partial charge in [0.2, 0.25) is 5.88 Å². The molecule has 0 fully saturated rings. The van der Waals surface area contributed by atoms with Crippen molar-refractivity contribution in [2.45, 2.75) is 13.3 Å². The highest BCUT2D eigenvalue weighted by Crippen LogP contribution is 2.37. The largest absolute Gasteiger partial charge is 0.459 e. The Morgan fingerprint density at radius 1 is 1.25 bits per heavy atom. The van der Waals surface area contributed by atoms with Gasteiger partial charge in [0.1, 0.15) is 11.6 Å². The van der Waals surface area contributed by atoms with Gasteiger partial charge in [0.05, 0.1) is 5.56 Å². The van der Waals surface area contributed by atoms with E-state index in [2.05, 4.69) is 5.16 Å². The average molecular weight is 272 g/mol. The van der Waals surface area contributed by atoms with Crippen molar-refractivity contribution in [2.75, 3.05) is 5.73 Å². The molecule has 4 nitrogen and oxygen atoms in total. The summed E-state index contributed by atoms with van der Waals surface area (Å²) in [6, 6.07) is 9.79. The van der Waals surface area contributed by atoms with Gasteiger partial charge in [0.25, 0.3) is 0 Å². The molecule has 0 aliphatic carbocycles. The number of benzene rings is 1. The lowest BCUT2D eigenvalue weighted by Gasteiger charge is -2.01. The Morgan fingerprint density at radius 2 is 2.10 bits per heavy atom. The summed E-state index contributed by atoms with van der Waals surface area (Å²) in [5.41, 5.74) is 7.43. The van der Waals surface area contributed by atoms with Gasteiger partial charge < -0.3 is 14.7 Å². The first-order valence-corrected chi connectivity index (χ1v) is 6.29. The zero-order valence-corrected chi connectivity index (χ0v) is 10.9. The van der Waals surface area contributed by atoms with Crippen LogP contribution in [0.2, 0.25) is 0 Å². The van der Waals surface area contributed by atoms with E-state index in [1.807, 2.05) is 13.0 Å². The molecule has 3 aromatic rings. The Balaban J connectivity index is 2.14. The normalized spacial score (nSPS) is 10.9. The minimum Gasteiger partial charge on any atom is -0.459 e. The van der Waals surface area contributed by atoms with E-state index >= 15 is 0 Å². The summed E-state index contributed by atoms with van der Waals surface area (Å²) >= 11 is 0. The van der Waals surface area contributed by atoms with Crippen LogP contribution >= 0.6 is 0 Å². The summed E-state index contributed by atoms with van der Waals surface area (Å²) in [7, 11) is 0. The number of furan rings is 1. The van der Waals surface area contributed by atoms with Crippen molar-refractivity contribution in [3.8, 4) is 22.6 Å². The van der Waals surface area contributed by atoms with Gasteiger partial charge in [-0.05, 0) is 29.8 Å². The van der Waals surface area contributed by atoms with Gasteiger partial charge in [0, 0.05) is 6.42 Å². The Hall–Kier alpha value is -2.56. The zero-order valence-electron chi connectivity index (χ0n) is 10.9. The predicted octanol–water partition coefficient (Wildman–Crippen LogP) is 3.89. The molecule has 0 aliphatic rings. The maximum atomic E-state index is 13.4. The quantitative estimate of drug-likeness (QED) is 0.785. The molecule has 0 unspecified atom stereocenters. The van der Waals surface area contributed by atoms with Crippen molar-refractivity contribution in [1.29, 1.82) is 0 Å². The molecule has 0 saturated carbocycles. The molecule has 0 bridgehead atoms. The molecule has 1 aromatic carbocycles. The number of aryl methyl sites for hydroxylation is 1. The number of aromatic nitrogens is 1. The smallest absolute Gasteiger partial charge is 0.230 e. The molecule has 3 rings (SSSR count). The van der Waals surface area contributed by atoms with Crippen LogP contribution < -0.4 is 5.73 Å². The number of anilines is 1. The molecule has 0 spiro atoms. The second-order valence-electron chi connectivity index (χ2n) is 4.40. The predicted molar refractivity (Wildman–Crippen MR) is 73.4 cm³/mol. The Bertz CT molecular complexity index is 746. The van der Waals surface area contributed by atoms with Crippen LogP contribution in [0.25, 0.3) is 22.6 Å². The lowest BCUT2D eigenvalue weighted by atomic mass is 10.0. The van der Waals surface area contributed by atoms with Crippen molar-refractivity contribution in [3.05, 3.63) is 48.0 Å². The number of nitrogens with two attached hydrogens (primary N) is 1. The van der Waals surface area contributed by atoms with Crippen molar-refractivity contribution >= 4 is 5.88 Å². The Kier molecular flexibility index (Phi) is 3.02. The fraction of sp³-hybridized carbons (Fsp3) is 0.133. The van der Waals surface area contributed by atoms with Gasteiger partial charge in [-0.15, -0.1) is 0 Å². The van der Waals surface area contributed by atoms with Crippen molar-refractivity contribution in [2.24, 2.45) is 0 Å². The Labute approximate surface area is 115 Å². The summed E-state index contributed by atoms with van der Waals surface area (Å²) in [5, 5.41) is 3.92. The minimum atomic E-state index is -0.345. The highest BCUT2D eigenvalue weighted by atomic mass is 19.1. The van der Waals surface area contributed by atoms with Crippen LogP contribution in [0.1, 0.15) is 12.7 Å². The van der Waals surface area contributed by atoms with Crippen LogP contribution in [0.5, 0.6) is 0 Å². The van der Waals surface area contributed by atoms with E-state index in [0.717, 1.165) is 12.2 Å². The van der Waals surface area contributed by atoms with Gasteiger partial charge in [-0.1, -0.05) is 24.2 Å². The Morgan fingerprint density at radius 3 is 2.80 bits per heavy atom. The van der Waals surface area contributed by atoms with Crippen LogP contribution in [0.4, 0.5) is 10.3 Å². The van der Waals surface area contributed by atoms with Crippen LogP contribution in [-0.4, -0.2) is 5.16 Å². The van der Waals surface area contributed by atoms with E-state index < -0.39 is 0 Å². The molecule has 0 radical (unpaired) electrons. The number of nitrogen functional groups attached to an aromatic ring is 1. The standard InChI is InChI=1S/C15H13FN2O2/c1-2-11-6-7-12(19-11)14-13(15(17)20-18-14)9-4-3-5-10(16)8-9/h3-8H,2,17H2,1H3. The molecular weight excluding hydrogens is 259 g/mol. The lowest BCUT2D eigenvalue weighted by molar-refractivity contribution is 0.434. The first-order valence-electron chi connectivity index (χ1n) is 6.29. The van der Waals surface area contributed by atoms with Gasteiger partial charge >= 0.3 is 0 Å². The van der Waals surface area contributed by atoms with Crippen LogP contribution in [0, 0.1) is 5.82 Å². The third-order valence-corrected chi connectivity index (χ3v) is 3.08. The van der Waals surface area contributed by atoms with Crippen LogP contribution in [0.3, 0.4) is 0 Å². The van der Waals surface area contributed by atoms with E-state index in [1.165, 1.54) is 12.1 Å². The summed E-state index contributed by atoms with van der Waals surface area (Å²) in [6.45, 7) is 1.99. The molecule has 0 saturated heterocycles. The van der Waals surface area contributed by atoms with E-state index in [0.29, 0.717) is 22.6 Å². The zero-order chi connectivity index (χ0) is 14.1. The summed E-state index contributed by atoms with van der Waals surface area (Å²) in [5.74, 6) is 1.19. The van der Waals surface area contributed by atoms with Crippen LogP contribution in [0.15, 0.2) is 45.3 Å². The minimum absolute atomic E-state index is 0.139. The third kappa shape index (κ3) is 2.07. The van der Waals surface area contributed by atoms with Gasteiger partial charge in [-0.3, -0.25) is 0 Å². The summed E-state index contributed by atoms with van der Waals surface area (Å²) < 4.78 is 24.1. The molecule has 2 aromatic heterocycles. The lowest BCUT2D eigenvalue weighted by Crippen LogP contribution is -1.88. The fourth-order valence-electron chi connectivity index (χ4n) is 2.09. The summed E-state index contributed by atoms with van der Waals surface area (Å²) in [4.78, 5) is 0. The van der Waals surface area contributed by atoms with Crippen molar-refractivity contribution < 1.29 is 13.3 Å². The number of rotatable bonds is 3. The highest BCUT2D eigenvalue weighted by molar-refractivity contribution is 5.85. The summed E-state index contributed by atoms with van der Waals surface area (Å²) in [6.07, 6.45) is 0.780. The molecule has 0 amide bonds. The number of hydrogen-bond donors (Lipinski definition) is 1. The number of nitrogens with zero attached hydrogens (tertiary/aromatic N) is 1. The van der Waals surface area contributed by atoms with Gasteiger partial charge in [-0.25, -0.2) is 4.39 Å². The SMILES string of the molecule is CCc1ccc(-c2noc(N)c2-c2cccc(F)c2)o1. The molecule has 20 heavy (non-hydrogen) atoms. The first-order chi connectivity index (χ1) is 9.69. The van der Waals surface area contributed by atoms with E-state index in [4.69, 9.17) is 14.7 Å². The molecule has 0 aliphatic heterocycles. The third-order valence-electron chi connectivity index (χ3n) is 3.08. The molecular formula is C15H13FN2O2. The average Bonchev–Trinajstić information content (AvgIpc) is 3.04. The topological polar surface area (TPSA) is 65.2 Å². The van der Waals surface area contributed by atoms with Crippen molar-refractivity contribution in [3.63, 3.8) is 0 Å². The first kappa shape index (κ1) is 12.5. The van der Waals surface area contributed by atoms with E-state index in [9.17, 15) is 4.39 Å². The highest BCUT2D eigenvalue weighted by Gasteiger charge is 2.20. The monoisotopic (exact) mass is 272 g/mol. The van der Waals surface area contributed by atoms with Gasteiger partial charge in [0.15, 0.2) is 11.5 Å². The maximum absolute atomic E-state index is 13.4. The molecule has 102 valence electrons. The van der Waals surface area contributed by atoms with Crippen molar-refractivity contribution in [1.82, 2.24) is 5.16 Å². The molecule has 2 heterocycles. The van der Waals surface area contributed by atoms with E-state index in [-0.39, 0.29) is 11.7 Å². The second-order valence-corrected chi connectivity index (χ2v) is 4.40. The fourth-order valence-corrected chi connectivity index (χ4v) is 2.09. The maximum Gasteiger partial charge on any atom is 0.230 e. The van der Waals surface area contributed by atoms with Gasteiger partial charge in [-0.2, -0.15) is 0 Å². The molecule has 0 atom stereocenters. The number of hydrogen-bond acceptors (Lipinski definition) is 4. The van der Waals surface area contributed by atoms with Crippen LogP contribution in [-0.2, 0) is 6.42 Å².